The zero-order valence-electron chi connectivity index (χ0n) is 12.5. The minimum Gasteiger partial charge on any atom is -0.494 e. The van der Waals surface area contributed by atoms with Gasteiger partial charge in [-0.1, -0.05) is 0 Å². The molecule has 21 heavy (non-hydrogen) atoms. The lowest BCUT2D eigenvalue weighted by atomic mass is 10.2. The largest absolute Gasteiger partial charge is 0.494 e. The number of likely N-dealkylation sites (N-methyl/N-ethyl adjacent to an activating group) is 1. The summed E-state index contributed by atoms with van der Waals surface area (Å²) in [5.41, 5.74) is 0. The molecule has 0 amide bonds. The van der Waals surface area contributed by atoms with Crippen LogP contribution in [0.2, 0.25) is 0 Å². The standard InChI is InChI=1S/C14H21NO5S/c1-4-19-14(16)13(15-2)9-10-20-11-5-7-12(8-6-11)21(3,17)18/h5-8,13,15H,4,9-10H2,1-3H3. The third-order valence-corrected chi connectivity index (χ3v) is 3.98. The van der Waals surface area contributed by atoms with Crippen LogP contribution in [0.25, 0.3) is 0 Å². The lowest BCUT2D eigenvalue weighted by Crippen LogP contribution is -2.36. The smallest absolute Gasteiger partial charge is 0.323 e. The van der Waals surface area contributed by atoms with Crippen molar-refractivity contribution in [1.29, 1.82) is 0 Å². The summed E-state index contributed by atoms with van der Waals surface area (Å²) in [6.07, 6.45) is 1.61. The Morgan fingerprint density at radius 2 is 1.90 bits per heavy atom. The summed E-state index contributed by atoms with van der Waals surface area (Å²) < 4.78 is 33.1. The van der Waals surface area contributed by atoms with Gasteiger partial charge in [-0.3, -0.25) is 4.79 Å². The predicted molar refractivity (Wildman–Crippen MR) is 79.1 cm³/mol. The van der Waals surface area contributed by atoms with E-state index in [0.29, 0.717) is 25.4 Å². The van der Waals surface area contributed by atoms with Gasteiger partial charge in [0.2, 0.25) is 0 Å². The molecule has 6 nitrogen and oxygen atoms in total. The van der Waals surface area contributed by atoms with E-state index in [1.165, 1.54) is 12.1 Å². The highest BCUT2D eigenvalue weighted by Crippen LogP contribution is 2.16. The van der Waals surface area contributed by atoms with Gasteiger partial charge in [-0.25, -0.2) is 8.42 Å². The molecule has 0 aromatic heterocycles. The van der Waals surface area contributed by atoms with E-state index in [1.54, 1.807) is 26.1 Å². The number of rotatable bonds is 8. The van der Waals surface area contributed by atoms with E-state index in [0.717, 1.165) is 6.26 Å². The third kappa shape index (κ3) is 5.73. The van der Waals surface area contributed by atoms with Gasteiger partial charge in [-0.05, 0) is 38.2 Å². The van der Waals surface area contributed by atoms with Crippen LogP contribution >= 0.6 is 0 Å². The summed E-state index contributed by atoms with van der Waals surface area (Å²) in [6, 6.07) is 5.75. The maximum Gasteiger partial charge on any atom is 0.323 e. The summed E-state index contributed by atoms with van der Waals surface area (Å²) >= 11 is 0. The average molecular weight is 315 g/mol. The first-order valence-corrected chi connectivity index (χ1v) is 8.54. The van der Waals surface area contributed by atoms with Gasteiger partial charge in [0.05, 0.1) is 18.1 Å². The minimum absolute atomic E-state index is 0.245. The molecule has 0 radical (unpaired) electrons. The molecule has 1 atom stereocenters. The van der Waals surface area contributed by atoms with Crippen molar-refractivity contribution in [1.82, 2.24) is 5.32 Å². The average Bonchev–Trinajstić information content (AvgIpc) is 2.43. The van der Waals surface area contributed by atoms with E-state index < -0.39 is 15.9 Å². The molecule has 0 aliphatic rings. The third-order valence-electron chi connectivity index (χ3n) is 2.85. The Morgan fingerprint density at radius 1 is 1.29 bits per heavy atom. The van der Waals surface area contributed by atoms with Gasteiger partial charge in [0.15, 0.2) is 9.84 Å². The number of sulfone groups is 1. The van der Waals surface area contributed by atoms with Gasteiger partial charge in [0, 0.05) is 12.7 Å². The monoisotopic (exact) mass is 315 g/mol. The molecule has 1 N–H and O–H groups in total. The number of carbonyl (C=O) groups is 1. The molecule has 118 valence electrons. The van der Waals surface area contributed by atoms with Crippen molar-refractivity contribution in [3.05, 3.63) is 24.3 Å². The van der Waals surface area contributed by atoms with E-state index in [9.17, 15) is 13.2 Å². The van der Waals surface area contributed by atoms with Crippen LogP contribution in [0.3, 0.4) is 0 Å². The molecular formula is C14H21NO5S. The molecule has 0 saturated heterocycles. The summed E-state index contributed by atoms with van der Waals surface area (Å²) in [7, 11) is -1.52. The van der Waals surface area contributed by atoms with Gasteiger partial charge < -0.3 is 14.8 Å². The quantitative estimate of drug-likeness (QED) is 0.721. The number of nitrogens with one attached hydrogen (secondary N) is 1. The molecule has 0 saturated carbocycles. The SMILES string of the molecule is CCOC(=O)C(CCOc1ccc(S(C)(=O)=O)cc1)NC. The lowest BCUT2D eigenvalue weighted by Gasteiger charge is -2.15. The second-order valence-corrected chi connectivity index (χ2v) is 6.49. The van der Waals surface area contributed by atoms with E-state index >= 15 is 0 Å². The first kappa shape index (κ1) is 17.5. The molecule has 0 aliphatic heterocycles. The number of hydrogen-bond donors (Lipinski definition) is 1. The first-order valence-electron chi connectivity index (χ1n) is 6.65. The van der Waals surface area contributed by atoms with Gasteiger partial charge in [-0.2, -0.15) is 0 Å². The number of benzene rings is 1. The fourth-order valence-corrected chi connectivity index (χ4v) is 2.33. The fraction of sp³-hybridized carbons (Fsp3) is 0.500. The van der Waals surface area contributed by atoms with Crippen molar-refractivity contribution in [3.63, 3.8) is 0 Å². The van der Waals surface area contributed by atoms with E-state index in [1.807, 2.05) is 0 Å². The number of esters is 1. The van der Waals surface area contributed by atoms with Crippen molar-refractivity contribution in [3.8, 4) is 5.75 Å². The number of hydrogen-bond acceptors (Lipinski definition) is 6. The summed E-state index contributed by atoms with van der Waals surface area (Å²) in [4.78, 5) is 11.8. The Morgan fingerprint density at radius 3 is 2.38 bits per heavy atom. The van der Waals surface area contributed by atoms with Crippen molar-refractivity contribution >= 4 is 15.8 Å². The molecule has 1 aromatic rings. The Balaban J connectivity index is 2.50. The highest BCUT2D eigenvalue weighted by Gasteiger charge is 2.17. The van der Waals surface area contributed by atoms with Crippen LogP contribution < -0.4 is 10.1 Å². The minimum atomic E-state index is -3.20. The van der Waals surface area contributed by atoms with Crippen LogP contribution in [0.5, 0.6) is 5.75 Å². The van der Waals surface area contributed by atoms with Crippen LogP contribution in [0, 0.1) is 0 Å². The second-order valence-electron chi connectivity index (χ2n) is 4.47. The molecule has 1 unspecified atom stereocenters. The topological polar surface area (TPSA) is 81.7 Å². The molecular weight excluding hydrogens is 294 g/mol. The molecule has 0 heterocycles. The van der Waals surface area contributed by atoms with Gasteiger partial charge in [0.25, 0.3) is 0 Å². The van der Waals surface area contributed by atoms with E-state index in [2.05, 4.69) is 5.32 Å². The molecule has 0 spiro atoms. The highest BCUT2D eigenvalue weighted by atomic mass is 32.2. The zero-order chi connectivity index (χ0) is 15.9. The first-order chi connectivity index (χ1) is 9.88. The van der Waals surface area contributed by atoms with E-state index in [4.69, 9.17) is 9.47 Å². The Bertz CT molecular complexity index is 553. The fourth-order valence-electron chi connectivity index (χ4n) is 1.70. The number of ether oxygens (including phenoxy) is 2. The van der Waals surface area contributed by atoms with Crippen LogP contribution in [0.15, 0.2) is 29.2 Å². The Kier molecular flexibility index (Phi) is 6.64. The van der Waals surface area contributed by atoms with Crippen molar-refractivity contribution in [2.45, 2.75) is 24.3 Å². The summed E-state index contributed by atoms with van der Waals surface area (Å²) in [5.74, 6) is 0.247. The Hall–Kier alpha value is -1.60. The molecule has 7 heteroatoms. The van der Waals surface area contributed by atoms with Crippen LogP contribution in [0.4, 0.5) is 0 Å². The van der Waals surface area contributed by atoms with Crippen LogP contribution in [-0.4, -0.2) is 46.9 Å². The molecule has 1 aromatic carbocycles. The predicted octanol–water partition coefficient (Wildman–Crippen LogP) is 1.01. The maximum atomic E-state index is 11.6. The summed E-state index contributed by atoms with van der Waals surface area (Å²) in [6.45, 7) is 2.41. The van der Waals surface area contributed by atoms with Crippen LogP contribution in [-0.2, 0) is 19.4 Å². The molecule has 0 aliphatic carbocycles. The van der Waals surface area contributed by atoms with Crippen LogP contribution in [0.1, 0.15) is 13.3 Å². The van der Waals surface area contributed by atoms with Gasteiger partial charge in [-0.15, -0.1) is 0 Å². The molecule has 0 bridgehead atoms. The van der Waals surface area contributed by atoms with E-state index in [-0.39, 0.29) is 10.9 Å². The zero-order valence-corrected chi connectivity index (χ0v) is 13.3. The summed E-state index contributed by atoms with van der Waals surface area (Å²) in [5, 5.41) is 2.87. The Labute approximate surface area is 125 Å². The van der Waals surface area contributed by atoms with Crippen molar-refractivity contribution in [2.75, 3.05) is 26.5 Å². The van der Waals surface area contributed by atoms with Crippen molar-refractivity contribution in [2.24, 2.45) is 0 Å². The molecule has 0 fully saturated rings. The second kappa shape index (κ2) is 7.99. The van der Waals surface area contributed by atoms with Gasteiger partial charge in [0.1, 0.15) is 11.8 Å². The maximum absolute atomic E-state index is 11.6. The van der Waals surface area contributed by atoms with Gasteiger partial charge >= 0.3 is 5.97 Å². The lowest BCUT2D eigenvalue weighted by molar-refractivity contribution is -0.145. The van der Waals surface area contributed by atoms with Crippen molar-refractivity contribution < 1.29 is 22.7 Å². The highest BCUT2D eigenvalue weighted by molar-refractivity contribution is 7.90. The normalized spacial score (nSPS) is 12.7. The molecule has 1 rings (SSSR count). The number of carbonyl (C=O) groups excluding carboxylic acids is 1.